The van der Waals surface area contributed by atoms with Crippen molar-refractivity contribution in [1.82, 2.24) is 0 Å². The summed E-state index contributed by atoms with van der Waals surface area (Å²) in [4.78, 5) is 23.1. The van der Waals surface area contributed by atoms with Gasteiger partial charge in [0.15, 0.2) is 18.1 Å². The number of aliphatic hydroxyl groups is 1. The Kier molecular flexibility index (Phi) is 6.99. The Balaban J connectivity index is 2.12. The topological polar surface area (TPSA) is 105 Å². The van der Waals surface area contributed by atoms with Crippen LogP contribution in [0, 0.1) is 0 Å². The number of carboxylic acid groups (broad SMARTS) is 1. The zero-order valence-electron chi connectivity index (χ0n) is 14.4. The first-order valence-electron chi connectivity index (χ1n) is 8.16. The van der Waals surface area contributed by atoms with Crippen LogP contribution in [-0.2, 0) is 11.2 Å². The van der Waals surface area contributed by atoms with Crippen LogP contribution in [0.2, 0.25) is 0 Å². The quantitative estimate of drug-likeness (QED) is 0.635. The van der Waals surface area contributed by atoms with E-state index in [9.17, 15) is 9.59 Å². The second-order valence-electron chi connectivity index (χ2n) is 5.40. The van der Waals surface area contributed by atoms with Gasteiger partial charge in [0.25, 0.3) is 5.91 Å². The average molecular weight is 359 g/mol. The molecule has 0 saturated carbocycles. The predicted octanol–water partition coefficient (Wildman–Crippen LogP) is 2.34. The molecule has 0 atom stereocenters. The number of rotatable bonds is 9. The molecule has 0 unspecified atom stereocenters. The van der Waals surface area contributed by atoms with Crippen LogP contribution in [-0.4, -0.2) is 41.9 Å². The summed E-state index contributed by atoms with van der Waals surface area (Å²) in [7, 11) is 0. The Bertz CT molecular complexity index is 757. The Labute approximate surface area is 151 Å². The van der Waals surface area contributed by atoms with Gasteiger partial charge in [-0.05, 0) is 49.2 Å². The molecule has 0 fully saturated rings. The smallest absolute Gasteiger partial charge is 0.341 e. The number of hydrogen-bond acceptors (Lipinski definition) is 5. The monoisotopic (exact) mass is 359 g/mol. The number of carboxylic acids is 1. The summed E-state index contributed by atoms with van der Waals surface area (Å²) in [6.07, 6.45) is 0.559. The first kappa shape index (κ1) is 19.3. The molecule has 0 aromatic heterocycles. The molecule has 1 amide bonds. The van der Waals surface area contributed by atoms with Crippen LogP contribution < -0.4 is 14.8 Å². The van der Waals surface area contributed by atoms with Gasteiger partial charge in [-0.2, -0.15) is 0 Å². The van der Waals surface area contributed by atoms with E-state index in [2.05, 4.69) is 5.32 Å². The number of ether oxygens (including phenoxy) is 2. The number of carbonyl (C=O) groups excluding carboxylic acids is 1. The minimum absolute atomic E-state index is 0.0716. The minimum Gasteiger partial charge on any atom is -0.490 e. The number of anilines is 1. The van der Waals surface area contributed by atoms with Gasteiger partial charge in [0.1, 0.15) is 0 Å². The molecule has 3 N–H and O–H groups in total. The third-order valence-electron chi connectivity index (χ3n) is 3.47. The van der Waals surface area contributed by atoms with E-state index in [0.29, 0.717) is 30.0 Å². The number of nitrogens with one attached hydrogen (secondary N) is 1. The van der Waals surface area contributed by atoms with Crippen LogP contribution >= 0.6 is 0 Å². The van der Waals surface area contributed by atoms with E-state index in [1.165, 1.54) is 18.2 Å². The van der Waals surface area contributed by atoms with Crippen LogP contribution in [0.3, 0.4) is 0 Å². The molecule has 7 heteroatoms. The molecule has 0 radical (unpaired) electrons. The van der Waals surface area contributed by atoms with E-state index < -0.39 is 12.6 Å². The maximum absolute atomic E-state index is 12.4. The molecule has 0 spiro atoms. The molecule has 0 aliphatic rings. The average Bonchev–Trinajstić information content (AvgIpc) is 2.62. The van der Waals surface area contributed by atoms with Gasteiger partial charge in [0, 0.05) is 17.9 Å². The minimum atomic E-state index is -1.10. The van der Waals surface area contributed by atoms with Crippen molar-refractivity contribution in [3.8, 4) is 11.5 Å². The van der Waals surface area contributed by atoms with Crippen molar-refractivity contribution in [2.45, 2.75) is 13.3 Å². The third kappa shape index (κ3) is 5.49. The molecule has 0 bridgehead atoms. The molecule has 0 saturated heterocycles. The molecule has 7 nitrogen and oxygen atoms in total. The van der Waals surface area contributed by atoms with Gasteiger partial charge in [0.05, 0.1) is 6.61 Å². The number of aliphatic hydroxyl groups excluding tert-OH is 1. The summed E-state index contributed by atoms with van der Waals surface area (Å²) in [6.45, 7) is 1.70. The predicted molar refractivity (Wildman–Crippen MR) is 95.9 cm³/mol. The van der Waals surface area contributed by atoms with Gasteiger partial charge in [0.2, 0.25) is 0 Å². The fourth-order valence-corrected chi connectivity index (χ4v) is 2.26. The normalized spacial score (nSPS) is 10.2. The summed E-state index contributed by atoms with van der Waals surface area (Å²) >= 11 is 0. The first-order valence-corrected chi connectivity index (χ1v) is 8.16. The van der Waals surface area contributed by atoms with Crippen molar-refractivity contribution in [2.75, 3.05) is 25.1 Å². The van der Waals surface area contributed by atoms with Crippen molar-refractivity contribution < 1.29 is 29.3 Å². The van der Waals surface area contributed by atoms with Crippen LogP contribution in [0.4, 0.5) is 5.69 Å². The Morgan fingerprint density at radius 1 is 1.04 bits per heavy atom. The van der Waals surface area contributed by atoms with E-state index >= 15 is 0 Å². The summed E-state index contributed by atoms with van der Waals surface area (Å²) in [6, 6.07) is 11.7. The summed E-state index contributed by atoms with van der Waals surface area (Å²) in [5, 5.41) is 20.4. The lowest BCUT2D eigenvalue weighted by Crippen LogP contribution is -2.13. The number of hydrogen-bond donors (Lipinski definition) is 3. The molecule has 0 aliphatic heterocycles. The second-order valence-corrected chi connectivity index (χ2v) is 5.40. The van der Waals surface area contributed by atoms with Gasteiger partial charge in [-0.3, -0.25) is 4.79 Å². The maximum atomic E-state index is 12.4. The Hall–Kier alpha value is -3.06. The van der Waals surface area contributed by atoms with E-state index in [1.54, 1.807) is 19.1 Å². The Morgan fingerprint density at radius 3 is 2.38 bits per heavy atom. The Morgan fingerprint density at radius 2 is 1.77 bits per heavy atom. The zero-order valence-corrected chi connectivity index (χ0v) is 14.4. The van der Waals surface area contributed by atoms with Crippen LogP contribution in [0.1, 0.15) is 22.8 Å². The largest absolute Gasteiger partial charge is 0.490 e. The highest BCUT2D eigenvalue weighted by atomic mass is 16.5. The van der Waals surface area contributed by atoms with Crippen LogP contribution in [0.5, 0.6) is 11.5 Å². The highest BCUT2D eigenvalue weighted by Gasteiger charge is 2.13. The number of benzene rings is 2. The molecule has 138 valence electrons. The highest BCUT2D eigenvalue weighted by Crippen LogP contribution is 2.29. The lowest BCUT2D eigenvalue weighted by Gasteiger charge is -2.12. The van der Waals surface area contributed by atoms with E-state index in [4.69, 9.17) is 19.7 Å². The van der Waals surface area contributed by atoms with Crippen LogP contribution in [0.25, 0.3) is 0 Å². The highest BCUT2D eigenvalue weighted by molar-refractivity contribution is 6.04. The number of aliphatic carboxylic acids is 1. The number of carbonyl (C=O) groups is 2. The second kappa shape index (κ2) is 9.43. The summed E-state index contributed by atoms with van der Waals surface area (Å²) in [5.41, 5.74) is 1.96. The van der Waals surface area contributed by atoms with Gasteiger partial charge in [-0.15, -0.1) is 0 Å². The summed E-state index contributed by atoms with van der Waals surface area (Å²) < 4.78 is 10.6. The standard InChI is InChI=1S/C19H21NO6/c1-2-25-17-11-14(5-8-16(17)26-12-18(22)23)19(24)20-15-6-3-13(4-7-15)9-10-21/h3-8,11,21H,2,9-10,12H2,1H3,(H,20,24)(H,22,23). The van der Waals surface area contributed by atoms with E-state index in [-0.39, 0.29) is 18.3 Å². The van der Waals surface area contributed by atoms with E-state index in [1.807, 2.05) is 12.1 Å². The molecular formula is C19H21NO6. The van der Waals surface area contributed by atoms with Gasteiger partial charge < -0.3 is 25.0 Å². The molecule has 2 rings (SSSR count). The fourth-order valence-electron chi connectivity index (χ4n) is 2.26. The summed E-state index contributed by atoms with van der Waals surface area (Å²) in [5.74, 6) is -0.858. The maximum Gasteiger partial charge on any atom is 0.341 e. The van der Waals surface area contributed by atoms with Gasteiger partial charge in [-0.25, -0.2) is 4.79 Å². The van der Waals surface area contributed by atoms with Gasteiger partial charge in [-0.1, -0.05) is 12.1 Å². The van der Waals surface area contributed by atoms with Crippen molar-refractivity contribution in [2.24, 2.45) is 0 Å². The van der Waals surface area contributed by atoms with E-state index in [0.717, 1.165) is 5.56 Å². The molecule has 26 heavy (non-hydrogen) atoms. The lowest BCUT2D eigenvalue weighted by molar-refractivity contribution is -0.139. The zero-order chi connectivity index (χ0) is 18.9. The number of amides is 1. The van der Waals surface area contributed by atoms with Crippen molar-refractivity contribution in [3.63, 3.8) is 0 Å². The van der Waals surface area contributed by atoms with Crippen molar-refractivity contribution in [1.29, 1.82) is 0 Å². The van der Waals surface area contributed by atoms with Crippen molar-refractivity contribution >= 4 is 17.6 Å². The molecular weight excluding hydrogens is 338 g/mol. The SMILES string of the molecule is CCOc1cc(C(=O)Nc2ccc(CCO)cc2)ccc1OCC(=O)O. The van der Waals surface area contributed by atoms with Crippen molar-refractivity contribution in [3.05, 3.63) is 53.6 Å². The fraction of sp³-hybridized carbons (Fsp3) is 0.263. The third-order valence-corrected chi connectivity index (χ3v) is 3.47. The molecule has 2 aromatic carbocycles. The molecule has 0 heterocycles. The first-order chi connectivity index (χ1) is 12.5. The van der Waals surface area contributed by atoms with Gasteiger partial charge >= 0.3 is 5.97 Å². The molecule has 2 aromatic rings. The molecule has 0 aliphatic carbocycles. The van der Waals surface area contributed by atoms with Crippen LogP contribution in [0.15, 0.2) is 42.5 Å². The lowest BCUT2D eigenvalue weighted by atomic mass is 10.1.